The number of ether oxygens (including phenoxy) is 2. The highest BCUT2D eigenvalue weighted by atomic mass is 32.1. The van der Waals surface area contributed by atoms with E-state index in [1.165, 1.54) is 25.6 Å². The summed E-state index contributed by atoms with van der Waals surface area (Å²) in [5.74, 6) is 0.624. The van der Waals surface area contributed by atoms with Gasteiger partial charge in [-0.05, 0) is 23.6 Å². The van der Waals surface area contributed by atoms with E-state index in [-0.39, 0.29) is 5.75 Å². The summed E-state index contributed by atoms with van der Waals surface area (Å²) in [5, 5.41) is 18.6. The monoisotopic (exact) mass is 375 g/mol. The van der Waals surface area contributed by atoms with Crippen LogP contribution in [-0.4, -0.2) is 37.3 Å². The Kier molecular flexibility index (Phi) is 5.20. The van der Waals surface area contributed by atoms with Crippen LogP contribution in [0.5, 0.6) is 17.2 Å². The molecule has 25 heavy (non-hydrogen) atoms. The number of aromatic nitrogens is 1. The molecule has 3 aromatic rings. The largest absolute Gasteiger partial charge is 0.502 e. The number of phenolic OH excluding ortho intramolecular Hbond substituents is 1. The first-order valence-electron chi connectivity index (χ1n) is 7.34. The Bertz CT molecular complexity index is 931. The number of hydrogen-bond donors (Lipinski definition) is 1. The number of aromatic hydroxyl groups is 1. The zero-order chi connectivity index (χ0) is 17.8. The second-order valence-electron chi connectivity index (χ2n) is 4.93. The molecule has 0 fully saturated rings. The van der Waals surface area contributed by atoms with Gasteiger partial charge >= 0.3 is 0 Å². The minimum Gasteiger partial charge on any atom is -0.502 e. The average Bonchev–Trinajstić information content (AvgIpc) is 3.29. The number of thiazole rings is 1. The third-order valence-corrected chi connectivity index (χ3v) is 5.27. The van der Waals surface area contributed by atoms with Gasteiger partial charge in [0.05, 0.1) is 31.0 Å². The standard InChI is InChI=1S/C17H17N3O3S2/c1-18-17-20(12(10-25-17)15-5-4-6-24-15)19-9-11-7-13(22-2)16(21)14(8-11)23-3/h4-10,21H,1-3H3. The molecule has 0 saturated carbocycles. The van der Waals surface area contributed by atoms with Crippen molar-refractivity contribution < 1.29 is 14.6 Å². The zero-order valence-electron chi connectivity index (χ0n) is 14.0. The predicted molar refractivity (Wildman–Crippen MR) is 101 cm³/mol. The summed E-state index contributed by atoms with van der Waals surface area (Å²) in [5.41, 5.74) is 1.72. The Morgan fingerprint density at radius 3 is 2.44 bits per heavy atom. The third kappa shape index (κ3) is 3.45. The van der Waals surface area contributed by atoms with Crippen molar-refractivity contribution in [3.8, 4) is 27.8 Å². The van der Waals surface area contributed by atoms with E-state index in [1.807, 2.05) is 22.9 Å². The van der Waals surface area contributed by atoms with Crippen LogP contribution in [0, 0.1) is 0 Å². The molecule has 8 heteroatoms. The first-order chi connectivity index (χ1) is 12.2. The molecule has 0 atom stereocenters. The molecule has 0 bridgehead atoms. The lowest BCUT2D eigenvalue weighted by Crippen LogP contribution is -2.11. The van der Waals surface area contributed by atoms with Gasteiger partial charge in [-0.25, -0.2) is 4.68 Å². The highest BCUT2D eigenvalue weighted by Crippen LogP contribution is 2.36. The number of nitrogens with zero attached hydrogens (tertiary/aromatic N) is 3. The molecule has 0 aliphatic carbocycles. The Morgan fingerprint density at radius 2 is 1.88 bits per heavy atom. The molecule has 1 aromatic carbocycles. The van der Waals surface area contributed by atoms with Crippen molar-refractivity contribution in [3.05, 3.63) is 45.4 Å². The first-order valence-corrected chi connectivity index (χ1v) is 9.10. The molecule has 0 saturated heterocycles. The molecule has 1 N–H and O–H groups in total. The van der Waals surface area contributed by atoms with Crippen molar-refractivity contribution in [2.45, 2.75) is 0 Å². The fourth-order valence-electron chi connectivity index (χ4n) is 2.27. The van der Waals surface area contributed by atoms with Crippen LogP contribution in [0.2, 0.25) is 0 Å². The van der Waals surface area contributed by atoms with E-state index in [0.717, 1.165) is 20.9 Å². The maximum Gasteiger partial charge on any atom is 0.205 e. The van der Waals surface area contributed by atoms with Crippen LogP contribution >= 0.6 is 22.7 Å². The Balaban J connectivity index is 2.05. The van der Waals surface area contributed by atoms with E-state index in [2.05, 4.69) is 10.1 Å². The van der Waals surface area contributed by atoms with Crippen molar-refractivity contribution in [3.63, 3.8) is 0 Å². The molecule has 0 aliphatic rings. The van der Waals surface area contributed by atoms with Crippen molar-refractivity contribution in [2.24, 2.45) is 10.1 Å². The second-order valence-corrected chi connectivity index (χ2v) is 6.72. The van der Waals surface area contributed by atoms with Crippen molar-refractivity contribution >= 4 is 28.9 Å². The van der Waals surface area contributed by atoms with E-state index >= 15 is 0 Å². The summed E-state index contributed by atoms with van der Waals surface area (Å²) in [6.07, 6.45) is 1.68. The highest BCUT2D eigenvalue weighted by Gasteiger charge is 2.11. The van der Waals surface area contributed by atoms with Gasteiger partial charge in [-0.1, -0.05) is 6.07 Å². The van der Waals surface area contributed by atoms with Gasteiger partial charge in [-0.15, -0.1) is 22.7 Å². The normalized spacial score (nSPS) is 12.0. The molecule has 6 nitrogen and oxygen atoms in total. The Morgan fingerprint density at radius 1 is 1.16 bits per heavy atom. The topological polar surface area (TPSA) is 68.3 Å². The Labute approximate surface area is 152 Å². The van der Waals surface area contributed by atoms with Gasteiger partial charge in [0.15, 0.2) is 11.5 Å². The fraction of sp³-hybridized carbons (Fsp3) is 0.176. The molecule has 2 aromatic heterocycles. The summed E-state index contributed by atoms with van der Waals surface area (Å²) >= 11 is 3.17. The summed E-state index contributed by atoms with van der Waals surface area (Å²) in [7, 11) is 4.72. The van der Waals surface area contributed by atoms with E-state index in [4.69, 9.17) is 9.47 Å². The summed E-state index contributed by atoms with van der Waals surface area (Å²) in [6.45, 7) is 0. The van der Waals surface area contributed by atoms with Crippen LogP contribution in [0.1, 0.15) is 5.56 Å². The Hall–Kier alpha value is -2.58. The number of benzene rings is 1. The smallest absolute Gasteiger partial charge is 0.205 e. The van der Waals surface area contributed by atoms with Crippen molar-refractivity contribution in [2.75, 3.05) is 21.3 Å². The number of hydrogen-bond acceptors (Lipinski definition) is 7. The van der Waals surface area contributed by atoms with Crippen LogP contribution in [0.3, 0.4) is 0 Å². The summed E-state index contributed by atoms with van der Waals surface area (Å²) in [4.78, 5) is 6.18. The molecule has 3 rings (SSSR count). The van der Waals surface area contributed by atoms with Crippen LogP contribution in [0.15, 0.2) is 45.1 Å². The van der Waals surface area contributed by atoms with E-state index in [1.54, 1.807) is 41.4 Å². The molecule has 0 spiro atoms. The molecule has 0 radical (unpaired) electrons. The third-order valence-electron chi connectivity index (χ3n) is 3.47. The second kappa shape index (κ2) is 7.54. The molecule has 130 valence electrons. The molecule has 0 aliphatic heterocycles. The van der Waals surface area contributed by atoms with Gasteiger partial charge in [-0.2, -0.15) is 5.10 Å². The SMILES string of the molecule is CN=c1scc(-c2cccs2)n1N=Cc1cc(OC)c(O)c(OC)c1. The fourth-order valence-corrected chi connectivity index (χ4v) is 3.87. The predicted octanol–water partition coefficient (Wildman–Crippen LogP) is 3.41. The lowest BCUT2D eigenvalue weighted by Gasteiger charge is -2.09. The van der Waals surface area contributed by atoms with Crippen LogP contribution in [0.4, 0.5) is 0 Å². The van der Waals surface area contributed by atoms with Crippen LogP contribution < -0.4 is 14.3 Å². The summed E-state index contributed by atoms with van der Waals surface area (Å²) in [6, 6.07) is 7.44. The quantitative estimate of drug-likeness (QED) is 0.695. The molecule has 0 amide bonds. The first kappa shape index (κ1) is 17.2. The maximum atomic E-state index is 10.0. The van der Waals surface area contributed by atoms with Gasteiger partial charge in [0.2, 0.25) is 10.6 Å². The molecular weight excluding hydrogens is 358 g/mol. The van der Waals surface area contributed by atoms with Crippen LogP contribution in [0.25, 0.3) is 10.6 Å². The molecule has 2 heterocycles. The minimum atomic E-state index is -0.0335. The van der Waals surface area contributed by atoms with Crippen LogP contribution in [-0.2, 0) is 0 Å². The van der Waals surface area contributed by atoms with E-state index < -0.39 is 0 Å². The van der Waals surface area contributed by atoms with E-state index in [9.17, 15) is 5.11 Å². The molecule has 0 unspecified atom stereocenters. The van der Waals surface area contributed by atoms with Gasteiger partial charge in [0.25, 0.3) is 0 Å². The van der Waals surface area contributed by atoms with Gasteiger partial charge in [0, 0.05) is 18.0 Å². The zero-order valence-corrected chi connectivity index (χ0v) is 15.6. The number of thiophene rings is 1. The van der Waals surface area contributed by atoms with Gasteiger partial charge in [-0.3, -0.25) is 4.99 Å². The van der Waals surface area contributed by atoms with Crippen molar-refractivity contribution in [1.82, 2.24) is 4.68 Å². The minimum absolute atomic E-state index is 0.0335. The average molecular weight is 375 g/mol. The highest BCUT2D eigenvalue weighted by molar-refractivity contribution is 7.14. The lowest BCUT2D eigenvalue weighted by molar-refractivity contribution is 0.340. The van der Waals surface area contributed by atoms with Gasteiger partial charge < -0.3 is 14.6 Å². The number of rotatable bonds is 5. The number of methoxy groups -OCH3 is 2. The van der Waals surface area contributed by atoms with Gasteiger partial charge in [0.1, 0.15) is 0 Å². The van der Waals surface area contributed by atoms with E-state index in [0.29, 0.717) is 11.5 Å². The molecular formula is C17H17N3O3S2. The lowest BCUT2D eigenvalue weighted by atomic mass is 10.2. The van der Waals surface area contributed by atoms with Crippen molar-refractivity contribution in [1.29, 1.82) is 0 Å². The summed E-state index contributed by atoms with van der Waals surface area (Å²) < 4.78 is 12.2. The maximum absolute atomic E-state index is 10.0. The number of phenols is 1.